The number of halogens is 2. The number of hydrogen-bond donors (Lipinski definition) is 5. The highest BCUT2D eigenvalue weighted by Crippen LogP contribution is 2.44. The van der Waals surface area contributed by atoms with Crippen molar-refractivity contribution >= 4 is 103 Å². The van der Waals surface area contributed by atoms with Crippen LogP contribution in [0.5, 0.6) is 0 Å². The fourth-order valence-corrected chi connectivity index (χ4v) is 15.2. The van der Waals surface area contributed by atoms with Gasteiger partial charge >= 0.3 is 11.9 Å². The first-order valence-electron chi connectivity index (χ1n) is 32.4. The normalized spacial score (nSPS) is 11.7. The number of benzene rings is 9. The first kappa shape index (κ1) is 78.2. The SMILES string of the molecule is C.CC(C)(C)c1ccc(S(=O)(=O)Nc2ccc(C#N)c(Cl)c2-c2ccc(C(=O)O)c3ncccc23)cc1.CC(C)(C)c1ccc(S(=O)(=O)Nc2ccc(C#N)c(F)c2-c2ccc(C(=O)O)c3ncccc23)cc1.Cc1ccc(-c2cc(C#N)ccc2NS(=O)(=O)c2ccc(C(C)(C)C)cc2)c2cccnc12. The maximum Gasteiger partial charge on any atom is 0.337 e. The number of anilines is 3. The van der Waals surface area contributed by atoms with Crippen LogP contribution < -0.4 is 14.2 Å². The lowest BCUT2D eigenvalue weighted by Crippen LogP contribution is -2.16. The van der Waals surface area contributed by atoms with Crippen molar-refractivity contribution < 1.29 is 49.4 Å². The molecule has 0 amide bonds. The summed E-state index contributed by atoms with van der Waals surface area (Å²) in [5.41, 5.74) is 7.57. The Kier molecular flexibility index (Phi) is 22.7. The molecule has 19 nitrogen and oxygen atoms in total. The molecule has 0 aliphatic rings. The van der Waals surface area contributed by atoms with E-state index in [0.29, 0.717) is 33.2 Å². The number of nitrogens with one attached hydrogen (secondary N) is 3. The summed E-state index contributed by atoms with van der Waals surface area (Å²) in [5, 5.41) is 49.2. The standard InChI is InChI=1S/C27H22ClN3O4S.C27H22FN3O4S.C27H25N3O2S.CH4/c2*1-27(2,3)17-7-9-18(10-8-17)36(34,35)31-22-13-6-16(15-29)24(28)23(22)19-11-12-21(26(32)33)25-20(19)5-4-14-30-25;1-18-7-13-22(23-6-5-15-29-26(18)23)24-16-19(17-28)8-14-25(24)30-33(31,32)21-11-9-20(10-12-21)27(2,3)4;/h2*4-14,31H,1-3H3,(H,32,33);5-16,30H,1-4H3;1H4. The number of aromatic nitrogens is 3. The third-order valence-corrected chi connectivity index (χ3v) is 21.8. The molecule has 12 rings (SSSR count). The van der Waals surface area contributed by atoms with Crippen LogP contribution in [0.4, 0.5) is 21.5 Å². The van der Waals surface area contributed by atoms with Gasteiger partial charge in [-0.3, -0.25) is 29.1 Å². The minimum atomic E-state index is -4.13. The Balaban J connectivity index is 0.000000183. The van der Waals surface area contributed by atoms with Crippen LogP contribution in [0, 0.1) is 46.7 Å². The fraction of sp³-hybridized carbons (Fsp3) is 0.171. The van der Waals surface area contributed by atoms with Gasteiger partial charge in [-0.05, 0) is 171 Å². The van der Waals surface area contributed by atoms with Gasteiger partial charge in [0.25, 0.3) is 30.1 Å². The fourth-order valence-electron chi connectivity index (χ4n) is 11.6. The number of sulfonamides is 3. The Morgan fingerprint density at radius 3 is 1.19 bits per heavy atom. The van der Waals surface area contributed by atoms with E-state index >= 15 is 4.39 Å². The average Bonchev–Trinajstić information content (AvgIpc) is 0.765. The van der Waals surface area contributed by atoms with Gasteiger partial charge in [0.1, 0.15) is 12.1 Å². The summed E-state index contributed by atoms with van der Waals surface area (Å²) in [7, 11) is -12.0. The van der Waals surface area contributed by atoms with Crippen molar-refractivity contribution in [3.05, 3.63) is 268 Å². The molecule has 0 spiro atoms. The van der Waals surface area contributed by atoms with Gasteiger partial charge in [-0.15, -0.1) is 0 Å². The molecule has 0 fully saturated rings. The molecule has 538 valence electrons. The van der Waals surface area contributed by atoms with Gasteiger partial charge in [0.2, 0.25) is 0 Å². The zero-order chi connectivity index (χ0) is 76.3. The summed E-state index contributed by atoms with van der Waals surface area (Å²) in [6.07, 6.45) is 4.61. The van der Waals surface area contributed by atoms with Crippen LogP contribution in [0.15, 0.2) is 221 Å². The van der Waals surface area contributed by atoms with Crippen LogP contribution in [0.2, 0.25) is 5.02 Å². The number of rotatable bonds is 14. The van der Waals surface area contributed by atoms with E-state index in [1.807, 2.05) is 90.9 Å². The number of nitrogens with zero attached hydrogens (tertiary/aromatic N) is 6. The summed E-state index contributed by atoms with van der Waals surface area (Å²) >= 11 is 6.60. The van der Waals surface area contributed by atoms with Gasteiger partial charge < -0.3 is 10.2 Å². The minimum Gasteiger partial charge on any atom is -0.478 e. The number of carbonyl (C=O) groups is 2. The summed E-state index contributed by atoms with van der Waals surface area (Å²) in [5.74, 6) is -3.30. The molecule has 0 aliphatic carbocycles. The Labute approximate surface area is 620 Å². The molecule has 5 N–H and O–H groups in total. The highest BCUT2D eigenvalue weighted by molar-refractivity contribution is 7.93. The van der Waals surface area contributed by atoms with Crippen LogP contribution in [-0.2, 0) is 46.3 Å². The Morgan fingerprint density at radius 2 is 0.792 bits per heavy atom. The number of aromatic carboxylic acids is 2. The van der Waals surface area contributed by atoms with Crippen LogP contribution >= 0.6 is 11.6 Å². The van der Waals surface area contributed by atoms with Crippen molar-refractivity contribution in [2.75, 3.05) is 14.2 Å². The lowest BCUT2D eigenvalue weighted by molar-refractivity contribution is 0.0688. The number of hydrogen-bond acceptors (Lipinski definition) is 14. The smallest absolute Gasteiger partial charge is 0.337 e. The van der Waals surface area contributed by atoms with Crippen LogP contribution in [0.1, 0.15) is 129 Å². The zero-order valence-corrected chi connectivity index (χ0v) is 61.7. The molecule has 3 heterocycles. The molecule has 0 bridgehead atoms. The molecule has 0 saturated carbocycles. The first-order valence-corrected chi connectivity index (χ1v) is 37.3. The highest BCUT2D eigenvalue weighted by atomic mass is 35.5. The predicted octanol–water partition coefficient (Wildman–Crippen LogP) is 18.7. The second kappa shape index (κ2) is 30.8. The quantitative estimate of drug-likeness (QED) is 0.0675. The van der Waals surface area contributed by atoms with Gasteiger partial charge in [0.05, 0.1) is 87.2 Å². The van der Waals surface area contributed by atoms with Crippen molar-refractivity contribution in [1.82, 2.24) is 15.0 Å². The van der Waals surface area contributed by atoms with Crippen molar-refractivity contribution in [3.63, 3.8) is 0 Å². The van der Waals surface area contributed by atoms with Crippen molar-refractivity contribution in [2.45, 2.75) is 108 Å². The van der Waals surface area contributed by atoms with Gasteiger partial charge in [-0.1, -0.05) is 160 Å². The Morgan fingerprint density at radius 1 is 0.434 bits per heavy atom. The number of nitriles is 3. The molecule has 0 aliphatic heterocycles. The van der Waals surface area contributed by atoms with Crippen LogP contribution in [0.3, 0.4) is 0 Å². The topological polar surface area (TPSA) is 323 Å². The zero-order valence-electron chi connectivity index (χ0n) is 58.5. The van der Waals surface area contributed by atoms with E-state index in [1.54, 1.807) is 91.1 Å². The van der Waals surface area contributed by atoms with E-state index in [9.17, 15) is 60.8 Å². The Bertz CT molecular complexity index is 5710. The largest absolute Gasteiger partial charge is 0.478 e. The van der Waals surface area contributed by atoms with E-state index in [4.69, 9.17) is 11.6 Å². The Hall–Kier alpha value is -11.9. The summed E-state index contributed by atoms with van der Waals surface area (Å²) < 4.78 is 103. The third-order valence-electron chi connectivity index (χ3n) is 17.3. The van der Waals surface area contributed by atoms with E-state index < -0.39 is 47.8 Å². The third kappa shape index (κ3) is 16.7. The molecular formula is C82H73ClFN9O10S3. The van der Waals surface area contributed by atoms with E-state index in [2.05, 4.69) is 56.0 Å². The van der Waals surface area contributed by atoms with E-state index in [1.165, 1.54) is 85.2 Å². The van der Waals surface area contributed by atoms with Crippen molar-refractivity contribution in [1.29, 1.82) is 15.8 Å². The second-order valence-electron chi connectivity index (χ2n) is 27.5. The molecule has 0 saturated heterocycles. The molecule has 9 aromatic carbocycles. The van der Waals surface area contributed by atoms with Crippen molar-refractivity contribution in [3.8, 4) is 51.6 Å². The van der Waals surface area contributed by atoms with Gasteiger partial charge in [-0.2, -0.15) is 15.8 Å². The lowest BCUT2D eigenvalue weighted by atomic mass is 9.87. The predicted molar refractivity (Wildman–Crippen MR) is 414 cm³/mol. The minimum absolute atomic E-state index is 0. The molecule has 24 heteroatoms. The molecule has 12 aromatic rings. The number of aryl methyl sites for hydroxylation is 1. The lowest BCUT2D eigenvalue weighted by Gasteiger charge is -2.20. The molecule has 0 radical (unpaired) electrons. The van der Waals surface area contributed by atoms with E-state index in [0.717, 1.165) is 38.7 Å². The van der Waals surface area contributed by atoms with Gasteiger partial charge in [-0.25, -0.2) is 39.2 Å². The number of carboxylic acids is 2. The highest BCUT2D eigenvalue weighted by Gasteiger charge is 2.28. The summed E-state index contributed by atoms with van der Waals surface area (Å²) in [4.78, 5) is 36.5. The number of pyridine rings is 3. The van der Waals surface area contributed by atoms with Crippen LogP contribution in [-0.4, -0.2) is 62.4 Å². The molecule has 0 atom stereocenters. The van der Waals surface area contributed by atoms with Crippen LogP contribution in [0.25, 0.3) is 66.1 Å². The summed E-state index contributed by atoms with van der Waals surface area (Å²) in [6, 6.07) is 55.9. The first-order chi connectivity index (χ1) is 49.5. The maximum atomic E-state index is 15.6. The molecule has 3 aromatic heterocycles. The number of carboxylic acid groups (broad SMARTS) is 2. The van der Waals surface area contributed by atoms with E-state index in [-0.39, 0.29) is 105 Å². The summed E-state index contributed by atoms with van der Waals surface area (Å²) in [6.45, 7) is 20.4. The van der Waals surface area contributed by atoms with Gasteiger partial charge in [0, 0.05) is 51.4 Å². The number of fused-ring (bicyclic) bond motifs is 3. The maximum absolute atomic E-state index is 15.6. The molecule has 0 unspecified atom stereocenters. The molecular weight excluding hydrogens is 1420 g/mol. The second-order valence-corrected chi connectivity index (χ2v) is 32.9. The molecule has 106 heavy (non-hydrogen) atoms. The van der Waals surface area contributed by atoms with Crippen molar-refractivity contribution in [2.24, 2.45) is 0 Å². The van der Waals surface area contributed by atoms with Gasteiger partial charge in [0.15, 0.2) is 5.82 Å². The average molecular weight is 1500 g/mol. The monoisotopic (exact) mass is 1490 g/mol.